The average molecular weight is 278 g/mol. The first-order valence-electron chi connectivity index (χ1n) is 6.70. The molecule has 1 rings (SSSR count). The number of hydrogen-bond acceptors (Lipinski definition) is 2. The fraction of sp³-hybridized carbons (Fsp3) is 0.467. The fourth-order valence-corrected chi connectivity index (χ4v) is 2.01. The van der Waals surface area contributed by atoms with Gasteiger partial charge >= 0.3 is 12.0 Å². The van der Waals surface area contributed by atoms with Crippen molar-refractivity contribution in [3.05, 3.63) is 29.3 Å². The molecule has 1 aromatic rings. The second-order valence-electron chi connectivity index (χ2n) is 5.08. The summed E-state index contributed by atoms with van der Waals surface area (Å²) in [6, 6.07) is 5.53. The lowest BCUT2D eigenvalue weighted by atomic mass is 10.1. The number of amides is 2. The minimum atomic E-state index is -0.900. The first kappa shape index (κ1) is 16.0. The molecule has 0 aromatic heterocycles. The van der Waals surface area contributed by atoms with Crippen molar-refractivity contribution in [1.82, 2.24) is 4.90 Å². The molecule has 0 spiro atoms. The van der Waals surface area contributed by atoms with Crippen LogP contribution in [-0.4, -0.2) is 35.1 Å². The minimum absolute atomic E-state index is 0.197. The minimum Gasteiger partial charge on any atom is -0.481 e. The number of carboxylic acid groups (broad SMARTS) is 1. The van der Waals surface area contributed by atoms with Gasteiger partial charge in [0.05, 0.1) is 5.92 Å². The Kier molecular flexibility index (Phi) is 5.55. The van der Waals surface area contributed by atoms with E-state index in [-0.39, 0.29) is 12.6 Å². The number of carbonyl (C=O) groups is 2. The molecule has 0 saturated heterocycles. The van der Waals surface area contributed by atoms with Crippen molar-refractivity contribution in [3.8, 4) is 0 Å². The molecule has 1 unspecified atom stereocenters. The molecule has 0 fully saturated rings. The zero-order chi connectivity index (χ0) is 15.3. The fourth-order valence-electron chi connectivity index (χ4n) is 2.01. The molecule has 5 heteroatoms. The highest BCUT2D eigenvalue weighted by Gasteiger charge is 2.19. The van der Waals surface area contributed by atoms with Crippen LogP contribution < -0.4 is 5.32 Å². The molecule has 0 aliphatic rings. The lowest BCUT2D eigenvalue weighted by Crippen LogP contribution is -2.39. The van der Waals surface area contributed by atoms with Crippen LogP contribution in [0.2, 0.25) is 0 Å². The summed E-state index contributed by atoms with van der Waals surface area (Å²) >= 11 is 0. The van der Waals surface area contributed by atoms with E-state index in [1.54, 1.807) is 6.92 Å². The van der Waals surface area contributed by atoms with Gasteiger partial charge in [-0.25, -0.2) is 4.79 Å². The van der Waals surface area contributed by atoms with Crippen LogP contribution in [0.4, 0.5) is 10.5 Å². The molecule has 20 heavy (non-hydrogen) atoms. The average Bonchev–Trinajstić information content (AvgIpc) is 2.33. The summed E-state index contributed by atoms with van der Waals surface area (Å²) in [7, 11) is 0. The van der Waals surface area contributed by atoms with E-state index in [4.69, 9.17) is 5.11 Å². The third-order valence-corrected chi connectivity index (χ3v) is 3.06. The van der Waals surface area contributed by atoms with E-state index in [1.807, 2.05) is 39.0 Å². The number of carboxylic acids is 1. The highest BCUT2D eigenvalue weighted by atomic mass is 16.4. The van der Waals surface area contributed by atoms with E-state index >= 15 is 0 Å². The molecule has 0 heterocycles. The number of aliphatic carboxylic acids is 1. The summed E-state index contributed by atoms with van der Waals surface area (Å²) in [6.45, 7) is 8.01. The van der Waals surface area contributed by atoms with Crippen molar-refractivity contribution in [2.45, 2.75) is 27.7 Å². The Hall–Kier alpha value is -2.04. The number of rotatable bonds is 5. The van der Waals surface area contributed by atoms with Gasteiger partial charge in [0.2, 0.25) is 0 Å². The van der Waals surface area contributed by atoms with Gasteiger partial charge in [-0.3, -0.25) is 4.79 Å². The maximum absolute atomic E-state index is 12.1. The van der Waals surface area contributed by atoms with Crippen LogP contribution in [0.3, 0.4) is 0 Å². The van der Waals surface area contributed by atoms with Gasteiger partial charge in [0.15, 0.2) is 0 Å². The highest BCUT2D eigenvalue weighted by Crippen LogP contribution is 2.14. The zero-order valence-corrected chi connectivity index (χ0v) is 12.4. The highest BCUT2D eigenvalue weighted by molar-refractivity contribution is 5.89. The Bertz CT molecular complexity index is 480. The van der Waals surface area contributed by atoms with Gasteiger partial charge in [-0.15, -0.1) is 0 Å². The molecule has 1 aromatic carbocycles. The Morgan fingerprint density at radius 1 is 1.25 bits per heavy atom. The van der Waals surface area contributed by atoms with Crippen LogP contribution in [-0.2, 0) is 4.79 Å². The quantitative estimate of drug-likeness (QED) is 0.870. The van der Waals surface area contributed by atoms with E-state index in [1.165, 1.54) is 4.90 Å². The summed E-state index contributed by atoms with van der Waals surface area (Å²) in [5, 5.41) is 11.7. The lowest BCUT2D eigenvalue weighted by molar-refractivity contribution is -0.141. The molecule has 0 aliphatic carbocycles. The van der Waals surface area contributed by atoms with Crippen molar-refractivity contribution >= 4 is 17.7 Å². The molecule has 110 valence electrons. The predicted molar refractivity (Wildman–Crippen MR) is 79.0 cm³/mol. The van der Waals surface area contributed by atoms with Crippen LogP contribution >= 0.6 is 0 Å². The number of hydrogen-bond donors (Lipinski definition) is 2. The Balaban J connectivity index is 2.74. The van der Waals surface area contributed by atoms with E-state index in [9.17, 15) is 9.59 Å². The monoisotopic (exact) mass is 278 g/mol. The molecular formula is C15H22N2O3. The predicted octanol–water partition coefficient (Wildman–Crippen LogP) is 2.88. The van der Waals surface area contributed by atoms with Crippen LogP contribution in [0, 0.1) is 19.8 Å². The summed E-state index contributed by atoms with van der Waals surface area (Å²) in [6.07, 6.45) is 0. The maximum Gasteiger partial charge on any atom is 0.321 e. The molecule has 1 atom stereocenters. The van der Waals surface area contributed by atoms with Gasteiger partial charge in [-0.1, -0.05) is 13.0 Å². The summed E-state index contributed by atoms with van der Waals surface area (Å²) in [4.78, 5) is 24.5. The van der Waals surface area contributed by atoms with E-state index in [0.29, 0.717) is 6.54 Å². The zero-order valence-electron chi connectivity index (χ0n) is 12.4. The van der Waals surface area contributed by atoms with Crippen molar-refractivity contribution in [2.24, 2.45) is 5.92 Å². The summed E-state index contributed by atoms with van der Waals surface area (Å²) < 4.78 is 0. The van der Waals surface area contributed by atoms with Gasteiger partial charge in [-0.2, -0.15) is 0 Å². The van der Waals surface area contributed by atoms with Crippen molar-refractivity contribution < 1.29 is 14.7 Å². The second-order valence-corrected chi connectivity index (χ2v) is 5.08. The lowest BCUT2D eigenvalue weighted by Gasteiger charge is -2.23. The molecular weight excluding hydrogens is 256 g/mol. The molecule has 0 radical (unpaired) electrons. The molecule has 0 aliphatic heterocycles. The third-order valence-electron chi connectivity index (χ3n) is 3.06. The van der Waals surface area contributed by atoms with E-state index < -0.39 is 11.9 Å². The normalized spacial score (nSPS) is 11.8. The summed E-state index contributed by atoms with van der Waals surface area (Å²) in [5.41, 5.74) is 2.87. The standard InChI is InChI=1S/C15H22N2O3/c1-5-17(9-12(4)14(18)19)15(20)16-13-7-10(2)6-11(3)8-13/h6-8,12H,5,9H2,1-4H3,(H,16,20)(H,18,19). The Labute approximate surface area is 119 Å². The molecule has 5 nitrogen and oxygen atoms in total. The third kappa shape index (κ3) is 4.57. The number of nitrogens with one attached hydrogen (secondary N) is 1. The van der Waals surface area contributed by atoms with Gasteiger partial charge in [0.1, 0.15) is 0 Å². The smallest absolute Gasteiger partial charge is 0.321 e. The number of aryl methyl sites for hydroxylation is 2. The largest absolute Gasteiger partial charge is 0.481 e. The van der Waals surface area contributed by atoms with Crippen molar-refractivity contribution in [3.63, 3.8) is 0 Å². The summed E-state index contributed by atoms with van der Waals surface area (Å²) in [5.74, 6) is -1.48. The van der Waals surface area contributed by atoms with Gasteiger partial charge in [-0.05, 0) is 44.0 Å². The topological polar surface area (TPSA) is 69.6 Å². The first-order valence-corrected chi connectivity index (χ1v) is 6.70. The van der Waals surface area contributed by atoms with Crippen LogP contribution in [0.1, 0.15) is 25.0 Å². The van der Waals surface area contributed by atoms with Gasteiger partial charge < -0.3 is 15.3 Å². The van der Waals surface area contributed by atoms with E-state index in [0.717, 1.165) is 16.8 Å². The number of benzene rings is 1. The SMILES string of the molecule is CCN(CC(C)C(=O)O)C(=O)Nc1cc(C)cc(C)c1. The van der Waals surface area contributed by atoms with Crippen molar-refractivity contribution in [2.75, 3.05) is 18.4 Å². The number of nitrogens with zero attached hydrogens (tertiary/aromatic N) is 1. The van der Waals surface area contributed by atoms with Crippen LogP contribution in [0.25, 0.3) is 0 Å². The molecule has 2 N–H and O–H groups in total. The Morgan fingerprint density at radius 3 is 2.25 bits per heavy atom. The molecule has 2 amide bonds. The maximum atomic E-state index is 12.1. The first-order chi connectivity index (χ1) is 9.33. The van der Waals surface area contributed by atoms with Crippen LogP contribution in [0.15, 0.2) is 18.2 Å². The van der Waals surface area contributed by atoms with Gasteiger partial charge in [0, 0.05) is 18.8 Å². The number of urea groups is 1. The van der Waals surface area contributed by atoms with Crippen LogP contribution in [0.5, 0.6) is 0 Å². The second kappa shape index (κ2) is 6.93. The molecule has 0 saturated carbocycles. The molecule has 0 bridgehead atoms. The van der Waals surface area contributed by atoms with Gasteiger partial charge in [0.25, 0.3) is 0 Å². The number of carbonyl (C=O) groups excluding carboxylic acids is 1. The van der Waals surface area contributed by atoms with E-state index in [2.05, 4.69) is 5.32 Å². The van der Waals surface area contributed by atoms with Crippen molar-refractivity contribution in [1.29, 1.82) is 0 Å². The Morgan fingerprint density at radius 2 is 1.80 bits per heavy atom. The number of anilines is 1.